The van der Waals surface area contributed by atoms with Crippen LogP contribution >= 0.6 is 12.4 Å². The quantitative estimate of drug-likeness (QED) is 0.902. The monoisotopic (exact) mass is 294 g/mol. The van der Waals surface area contributed by atoms with E-state index in [9.17, 15) is 13.2 Å². The summed E-state index contributed by atoms with van der Waals surface area (Å²) >= 11 is 0. The third-order valence-corrected chi connectivity index (χ3v) is 3.14. The number of halogens is 4. The average Bonchev–Trinajstić information content (AvgIpc) is 2.28. The van der Waals surface area contributed by atoms with Gasteiger partial charge in [0.2, 0.25) is 0 Å². The van der Waals surface area contributed by atoms with Gasteiger partial charge in [-0.3, -0.25) is 4.90 Å². The van der Waals surface area contributed by atoms with E-state index in [0.29, 0.717) is 12.6 Å². The van der Waals surface area contributed by atoms with Crippen molar-refractivity contribution >= 4 is 12.4 Å². The highest BCUT2D eigenvalue weighted by Crippen LogP contribution is 2.29. The second-order valence-corrected chi connectivity index (χ2v) is 4.78. The highest BCUT2D eigenvalue weighted by molar-refractivity contribution is 5.85. The molecule has 1 aromatic rings. The minimum Gasteiger partial charge on any atom is -0.312 e. The molecule has 0 amide bonds. The van der Waals surface area contributed by atoms with Crippen molar-refractivity contribution in [2.45, 2.75) is 25.7 Å². The normalized spacial score (nSPS) is 20.9. The lowest BCUT2D eigenvalue weighted by Crippen LogP contribution is -2.48. The van der Waals surface area contributed by atoms with Gasteiger partial charge < -0.3 is 5.32 Å². The molecule has 1 fully saturated rings. The van der Waals surface area contributed by atoms with Crippen LogP contribution in [0, 0.1) is 0 Å². The van der Waals surface area contributed by atoms with Crippen LogP contribution < -0.4 is 5.32 Å². The minimum absolute atomic E-state index is 0. The first-order chi connectivity index (χ1) is 8.45. The fourth-order valence-electron chi connectivity index (χ4n) is 2.21. The van der Waals surface area contributed by atoms with Crippen LogP contribution in [0.1, 0.15) is 18.1 Å². The van der Waals surface area contributed by atoms with Crippen molar-refractivity contribution in [1.29, 1.82) is 0 Å². The van der Waals surface area contributed by atoms with Gasteiger partial charge in [0, 0.05) is 32.2 Å². The van der Waals surface area contributed by atoms with Crippen LogP contribution in [-0.2, 0) is 12.7 Å². The molecule has 108 valence electrons. The standard InChI is InChI=1S/C13H17F3N2.ClH/c1-10-8-18(7-6-17-10)9-11-2-4-12(5-3-11)13(14,15)16;/h2-5,10,17H,6-9H2,1H3;1H. The molecule has 0 aromatic heterocycles. The Balaban J connectivity index is 0.00000180. The highest BCUT2D eigenvalue weighted by atomic mass is 35.5. The zero-order chi connectivity index (χ0) is 13.2. The van der Waals surface area contributed by atoms with E-state index in [4.69, 9.17) is 0 Å². The molecule has 2 nitrogen and oxygen atoms in total. The third-order valence-electron chi connectivity index (χ3n) is 3.14. The van der Waals surface area contributed by atoms with Crippen molar-refractivity contribution in [3.63, 3.8) is 0 Å². The van der Waals surface area contributed by atoms with E-state index in [1.165, 1.54) is 0 Å². The number of benzene rings is 1. The van der Waals surface area contributed by atoms with Crippen LogP contribution in [0.4, 0.5) is 13.2 Å². The molecule has 6 heteroatoms. The molecule has 1 aliphatic heterocycles. The third kappa shape index (κ3) is 4.67. The maximum atomic E-state index is 12.4. The maximum Gasteiger partial charge on any atom is 0.416 e. The Kier molecular flexibility index (Phi) is 5.64. The molecule has 2 rings (SSSR count). The topological polar surface area (TPSA) is 15.3 Å². The number of nitrogens with one attached hydrogen (secondary N) is 1. The van der Waals surface area contributed by atoms with E-state index < -0.39 is 11.7 Å². The molecule has 1 saturated heterocycles. The smallest absolute Gasteiger partial charge is 0.312 e. The molecule has 0 radical (unpaired) electrons. The summed E-state index contributed by atoms with van der Waals surface area (Å²) in [5.41, 5.74) is 0.344. The summed E-state index contributed by atoms with van der Waals surface area (Å²) in [5.74, 6) is 0. The molecule has 1 atom stereocenters. The average molecular weight is 295 g/mol. The van der Waals surface area contributed by atoms with Crippen molar-refractivity contribution in [3.8, 4) is 0 Å². The Morgan fingerprint density at radius 2 is 1.89 bits per heavy atom. The second kappa shape index (κ2) is 6.59. The summed E-state index contributed by atoms with van der Waals surface area (Å²) in [6, 6.07) is 5.88. The maximum absolute atomic E-state index is 12.4. The van der Waals surface area contributed by atoms with E-state index in [-0.39, 0.29) is 12.4 Å². The van der Waals surface area contributed by atoms with E-state index in [1.54, 1.807) is 12.1 Å². The zero-order valence-electron chi connectivity index (χ0n) is 10.7. The van der Waals surface area contributed by atoms with Crippen molar-refractivity contribution in [3.05, 3.63) is 35.4 Å². The zero-order valence-corrected chi connectivity index (χ0v) is 11.5. The van der Waals surface area contributed by atoms with Gasteiger partial charge in [0.15, 0.2) is 0 Å². The van der Waals surface area contributed by atoms with E-state index in [1.807, 2.05) is 0 Å². The molecule has 0 bridgehead atoms. The van der Waals surface area contributed by atoms with Gasteiger partial charge in [0.1, 0.15) is 0 Å². The van der Waals surface area contributed by atoms with Crippen LogP contribution in [0.2, 0.25) is 0 Å². The fraction of sp³-hybridized carbons (Fsp3) is 0.538. The van der Waals surface area contributed by atoms with Gasteiger partial charge >= 0.3 is 6.18 Å². The molecule has 0 spiro atoms. The predicted molar refractivity (Wildman–Crippen MR) is 71.4 cm³/mol. The predicted octanol–water partition coefficient (Wildman–Crippen LogP) is 2.92. The summed E-state index contributed by atoms with van der Waals surface area (Å²) < 4.78 is 37.2. The van der Waals surface area contributed by atoms with E-state index in [2.05, 4.69) is 17.1 Å². The van der Waals surface area contributed by atoms with Gasteiger partial charge in [-0.05, 0) is 24.6 Å². The Bertz CT molecular complexity index is 392. The lowest BCUT2D eigenvalue weighted by atomic mass is 10.1. The van der Waals surface area contributed by atoms with E-state index in [0.717, 1.165) is 37.3 Å². The van der Waals surface area contributed by atoms with Crippen molar-refractivity contribution < 1.29 is 13.2 Å². The highest BCUT2D eigenvalue weighted by Gasteiger charge is 2.30. The summed E-state index contributed by atoms with van der Waals surface area (Å²) in [4.78, 5) is 2.25. The van der Waals surface area contributed by atoms with Gasteiger partial charge in [-0.2, -0.15) is 13.2 Å². The fourth-order valence-corrected chi connectivity index (χ4v) is 2.21. The van der Waals surface area contributed by atoms with Gasteiger partial charge in [0.05, 0.1) is 5.56 Å². The first kappa shape index (κ1) is 16.3. The molecule has 0 saturated carbocycles. The molecule has 1 aromatic carbocycles. The van der Waals surface area contributed by atoms with Crippen LogP contribution in [0.25, 0.3) is 0 Å². The lowest BCUT2D eigenvalue weighted by molar-refractivity contribution is -0.137. The van der Waals surface area contributed by atoms with Gasteiger partial charge in [-0.25, -0.2) is 0 Å². The van der Waals surface area contributed by atoms with Crippen LogP contribution in [0.3, 0.4) is 0 Å². The number of alkyl halides is 3. The number of nitrogens with zero attached hydrogens (tertiary/aromatic N) is 1. The van der Waals surface area contributed by atoms with Crippen LogP contribution in [-0.4, -0.2) is 30.6 Å². The van der Waals surface area contributed by atoms with Crippen LogP contribution in [0.15, 0.2) is 24.3 Å². The molecule has 0 aliphatic carbocycles. The van der Waals surface area contributed by atoms with Gasteiger partial charge in [-0.15, -0.1) is 12.4 Å². The summed E-state index contributed by atoms with van der Waals surface area (Å²) in [6.45, 7) is 5.62. The van der Waals surface area contributed by atoms with Crippen molar-refractivity contribution in [2.75, 3.05) is 19.6 Å². The molecular formula is C13H18ClF3N2. The van der Waals surface area contributed by atoms with Gasteiger partial charge in [-0.1, -0.05) is 12.1 Å². The minimum atomic E-state index is -4.25. The number of hydrogen-bond acceptors (Lipinski definition) is 2. The van der Waals surface area contributed by atoms with E-state index >= 15 is 0 Å². The lowest BCUT2D eigenvalue weighted by Gasteiger charge is -2.31. The summed E-state index contributed by atoms with van der Waals surface area (Å²) in [6.07, 6.45) is -4.25. The number of rotatable bonds is 2. The van der Waals surface area contributed by atoms with Crippen molar-refractivity contribution in [2.24, 2.45) is 0 Å². The Morgan fingerprint density at radius 3 is 2.42 bits per heavy atom. The Hall–Kier alpha value is -0.780. The molecule has 1 heterocycles. The second-order valence-electron chi connectivity index (χ2n) is 4.78. The molecule has 1 unspecified atom stereocenters. The molecule has 1 aliphatic rings. The number of piperazine rings is 1. The molecule has 19 heavy (non-hydrogen) atoms. The first-order valence-electron chi connectivity index (χ1n) is 6.07. The Labute approximate surface area is 117 Å². The first-order valence-corrected chi connectivity index (χ1v) is 6.07. The number of hydrogen-bond donors (Lipinski definition) is 1. The largest absolute Gasteiger partial charge is 0.416 e. The summed E-state index contributed by atoms with van der Waals surface area (Å²) in [7, 11) is 0. The van der Waals surface area contributed by atoms with Gasteiger partial charge in [0.25, 0.3) is 0 Å². The molecular weight excluding hydrogens is 277 g/mol. The Morgan fingerprint density at radius 1 is 1.26 bits per heavy atom. The van der Waals surface area contributed by atoms with Crippen molar-refractivity contribution in [1.82, 2.24) is 10.2 Å². The molecule has 1 N–H and O–H groups in total. The summed E-state index contributed by atoms with van der Waals surface area (Å²) in [5, 5.41) is 3.34. The van der Waals surface area contributed by atoms with Crippen LogP contribution in [0.5, 0.6) is 0 Å². The SMILES string of the molecule is CC1CN(Cc2ccc(C(F)(F)F)cc2)CCN1.Cl.